The first-order valence-corrected chi connectivity index (χ1v) is 4.38. The lowest BCUT2D eigenvalue weighted by molar-refractivity contribution is 0.184. The van der Waals surface area contributed by atoms with E-state index in [4.69, 9.17) is 4.74 Å². The van der Waals surface area contributed by atoms with Gasteiger partial charge in [0.25, 0.3) is 0 Å². The van der Waals surface area contributed by atoms with Gasteiger partial charge in [-0.15, -0.1) is 0 Å². The molecule has 0 saturated carbocycles. The van der Waals surface area contributed by atoms with E-state index in [1.807, 2.05) is 18.2 Å². The summed E-state index contributed by atoms with van der Waals surface area (Å²) in [5, 5.41) is 12.6. The molecule has 1 aromatic carbocycles. The summed E-state index contributed by atoms with van der Waals surface area (Å²) in [6.45, 7) is 0.638. The minimum Gasteiger partial charge on any atom is -0.497 e. The topological polar surface area (TPSA) is 41.5 Å². The molecule has 2 N–H and O–H groups in total. The summed E-state index contributed by atoms with van der Waals surface area (Å²) >= 11 is 0. The molecule has 70 valence electrons. The molecule has 0 aromatic heterocycles. The van der Waals surface area contributed by atoms with Gasteiger partial charge in [-0.2, -0.15) is 0 Å². The Balaban J connectivity index is 2.32. The highest BCUT2D eigenvalue weighted by Gasteiger charge is 2.15. The summed E-state index contributed by atoms with van der Waals surface area (Å²) in [7, 11) is 1.65. The fraction of sp³-hybridized carbons (Fsp3) is 0.400. The molecule has 0 unspecified atom stereocenters. The van der Waals surface area contributed by atoms with Crippen LogP contribution in [0.1, 0.15) is 5.56 Å². The van der Waals surface area contributed by atoms with Crippen molar-refractivity contribution in [3.63, 3.8) is 0 Å². The van der Waals surface area contributed by atoms with Gasteiger partial charge < -0.3 is 15.2 Å². The molecule has 0 spiro atoms. The molecule has 3 nitrogen and oxygen atoms in total. The van der Waals surface area contributed by atoms with Crippen LogP contribution in [0.2, 0.25) is 0 Å². The summed E-state index contributed by atoms with van der Waals surface area (Å²) in [6, 6.07) is 5.87. The second-order valence-electron chi connectivity index (χ2n) is 3.26. The third-order valence-electron chi connectivity index (χ3n) is 2.30. The molecule has 0 amide bonds. The summed E-state index contributed by atoms with van der Waals surface area (Å²) in [5.74, 6) is 0.842. The second-order valence-corrected chi connectivity index (χ2v) is 3.26. The molecule has 3 heteroatoms. The van der Waals surface area contributed by atoms with Gasteiger partial charge >= 0.3 is 0 Å². The average molecular weight is 179 g/mol. The second kappa shape index (κ2) is 3.26. The molecule has 1 heterocycles. The predicted molar refractivity (Wildman–Crippen MR) is 51.2 cm³/mol. The number of fused-ring (bicyclic) bond motifs is 1. The van der Waals surface area contributed by atoms with Crippen LogP contribution in [0, 0.1) is 0 Å². The summed E-state index contributed by atoms with van der Waals surface area (Å²) in [4.78, 5) is 0. The first-order valence-electron chi connectivity index (χ1n) is 4.38. The monoisotopic (exact) mass is 179 g/mol. The number of nitrogens with one attached hydrogen (secondary N) is 1. The van der Waals surface area contributed by atoms with Gasteiger partial charge in [0.15, 0.2) is 0 Å². The van der Waals surface area contributed by atoms with E-state index in [9.17, 15) is 5.11 Å². The van der Waals surface area contributed by atoms with Crippen molar-refractivity contribution >= 4 is 5.69 Å². The van der Waals surface area contributed by atoms with Crippen molar-refractivity contribution in [1.29, 1.82) is 0 Å². The Morgan fingerprint density at radius 1 is 1.54 bits per heavy atom. The highest BCUT2D eigenvalue weighted by Crippen LogP contribution is 2.26. The first kappa shape index (κ1) is 8.38. The van der Waals surface area contributed by atoms with E-state index >= 15 is 0 Å². The highest BCUT2D eigenvalue weighted by molar-refractivity contribution is 5.56. The van der Waals surface area contributed by atoms with E-state index in [0.29, 0.717) is 13.0 Å². The number of hydrogen-bond acceptors (Lipinski definition) is 3. The molecule has 0 saturated heterocycles. The van der Waals surface area contributed by atoms with Crippen molar-refractivity contribution in [2.75, 3.05) is 19.0 Å². The summed E-state index contributed by atoms with van der Waals surface area (Å²) in [5.41, 5.74) is 2.23. The Bertz CT molecular complexity index is 312. The molecule has 13 heavy (non-hydrogen) atoms. The zero-order valence-electron chi connectivity index (χ0n) is 7.58. The van der Waals surface area contributed by atoms with E-state index in [2.05, 4.69) is 5.32 Å². The summed E-state index contributed by atoms with van der Waals surface area (Å²) < 4.78 is 5.11. The third-order valence-corrected chi connectivity index (χ3v) is 2.30. The molecule has 0 fully saturated rings. The van der Waals surface area contributed by atoms with E-state index in [1.165, 1.54) is 0 Å². The molecule has 1 atom stereocenters. The minimum atomic E-state index is -0.278. The first-order chi connectivity index (χ1) is 6.29. The number of aliphatic hydroxyl groups excluding tert-OH is 1. The fourth-order valence-corrected chi connectivity index (χ4v) is 1.59. The summed E-state index contributed by atoms with van der Waals surface area (Å²) in [6.07, 6.45) is 0.430. The van der Waals surface area contributed by atoms with Gasteiger partial charge in [-0.05, 0) is 23.8 Å². The molecule has 1 aromatic rings. The van der Waals surface area contributed by atoms with Gasteiger partial charge in [0.05, 0.1) is 13.2 Å². The molecule has 0 bridgehead atoms. The van der Waals surface area contributed by atoms with Crippen molar-refractivity contribution in [3.05, 3.63) is 23.8 Å². The van der Waals surface area contributed by atoms with Crippen LogP contribution in [0.15, 0.2) is 18.2 Å². The Morgan fingerprint density at radius 3 is 3.15 bits per heavy atom. The standard InChI is InChI=1S/C10H13NO2/c1-13-9-2-3-10-7(5-9)4-8(12)6-11-10/h2-3,5,8,11-12H,4,6H2,1H3/t8-/m1/s1. The van der Waals surface area contributed by atoms with Gasteiger partial charge in [-0.3, -0.25) is 0 Å². The number of hydrogen-bond donors (Lipinski definition) is 2. The lowest BCUT2D eigenvalue weighted by Gasteiger charge is -2.22. The van der Waals surface area contributed by atoms with Gasteiger partial charge in [0, 0.05) is 18.7 Å². The number of aliphatic hydroxyl groups is 1. The van der Waals surface area contributed by atoms with Crippen LogP contribution in [0.3, 0.4) is 0 Å². The van der Waals surface area contributed by atoms with Crippen LogP contribution < -0.4 is 10.1 Å². The highest BCUT2D eigenvalue weighted by atomic mass is 16.5. The van der Waals surface area contributed by atoms with Crippen molar-refractivity contribution in [2.24, 2.45) is 0 Å². The molecule has 1 aliphatic heterocycles. The number of ether oxygens (including phenoxy) is 1. The lowest BCUT2D eigenvalue weighted by atomic mass is 10.0. The van der Waals surface area contributed by atoms with Gasteiger partial charge in [-0.25, -0.2) is 0 Å². The van der Waals surface area contributed by atoms with E-state index in [1.54, 1.807) is 7.11 Å². The van der Waals surface area contributed by atoms with Crippen molar-refractivity contribution < 1.29 is 9.84 Å². The van der Waals surface area contributed by atoms with Gasteiger partial charge in [0.1, 0.15) is 5.75 Å². The molecular formula is C10H13NO2. The van der Waals surface area contributed by atoms with Gasteiger partial charge in [0.2, 0.25) is 0 Å². The Kier molecular flexibility index (Phi) is 2.10. The molecule has 0 radical (unpaired) electrons. The van der Waals surface area contributed by atoms with Crippen molar-refractivity contribution in [2.45, 2.75) is 12.5 Å². The van der Waals surface area contributed by atoms with Crippen molar-refractivity contribution in [1.82, 2.24) is 0 Å². The number of methoxy groups -OCH3 is 1. The quantitative estimate of drug-likeness (QED) is 0.676. The largest absolute Gasteiger partial charge is 0.497 e. The van der Waals surface area contributed by atoms with Crippen LogP contribution in [0.5, 0.6) is 5.75 Å². The maximum absolute atomic E-state index is 9.42. The van der Waals surface area contributed by atoms with E-state index in [0.717, 1.165) is 17.0 Å². The Hall–Kier alpha value is -1.22. The molecule has 2 rings (SSSR count). The number of rotatable bonds is 1. The maximum atomic E-state index is 9.42. The van der Waals surface area contributed by atoms with E-state index in [-0.39, 0.29) is 6.10 Å². The van der Waals surface area contributed by atoms with Crippen molar-refractivity contribution in [3.8, 4) is 5.75 Å². The molecule has 1 aliphatic rings. The van der Waals surface area contributed by atoms with Crippen LogP contribution in [-0.4, -0.2) is 24.9 Å². The third kappa shape index (κ3) is 1.60. The Labute approximate surface area is 77.3 Å². The smallest absolute Gasteiger partial charge is 0.119 e. The Morgan fingerprint density at radius 2 is 2.38 bits per heavy atom. The lowest BCUT2D eigenvalue weighted by Crippen LogP contribution is -2.27. The fourth-order valence-electron chi connectivity index (χ4n) is 1.59. The van der Waals surface area contributed by atoms with Gasteiger partial charge in [-0.1, -0.05) is 0 Å². The molecular weight excluding hydrogens is 166 g/mol. The van der Waals surface area contributed by atoms with Crippen LogP contribution in [0.4, 0.5) is 5.69 Å². The number of anilines is 1. The zero-order valence-corrected chi connectivity index (χ0v) is 7.58. The predicted octanol–water partition coefficient (Wildman–Crippen LogP) is 1.02. The van der Waals surface area contributed by atoms with Crippen LogP contribution >= 0.6 is 0 Å². The zero-order chi connectivity index (χ0) is 9.26. The van der Waals surface area contributed by atoms with Crippen LogP contribution in [0.25, 0.3) is 0 Å². The normalized spacial score (nSPS) is 20.3. The minimum absolute atomic E-state index is 0.278. The number of β-amino-alcohol motifs (C(OH)–C–C–N with tert-alkyl or cyclic N) is 1. The maximum Gasteiger partial charge on any atom is 0.119 e. The van der Waals surface area contributed by atoms with Crippen LogP contribution in [-0.2, 0) is 6.42 Å². The number of benzene rings is 1. The van der Waals surface area contributed by atoms with E-state index < -0.39 is 0 Å². The average Bonchev–Trinajstić information content (AvgIpc) is 2.16. The SMILES string of the molecule is COc1ccc2c(c1)C[C@@H](O)CN2. The molecule has 0 aliphatic carbocycles.